The maximum absolute atomic E-state index is 11.9. The highest BCUT2D eigenvalue weighted by molar-refractivity contribution is 8.01. The Labute approximate surface area is 112 Å². The van der Waals surface area contributed by atoms with E-state index in [0.717, 1.165) is 23.5 Å². The summed E-state index contributed by atoms with van der Waals surface area (Å²) in [6.07, 6.45) is 1.31. The molecule has 1 saturated heterocycles. The van der Waals surface area contributed by atoms with E-state index in [0.29, 0.717) is 12.3 Å². The molecule has 1 aliphatic rings. The van der Waals surface area contributed by atoms with E-state index < -0.39 is 15.2 Å². The van der Waals surface area contributed by atoms with Crippen molar-refractivity contribution in [3.8, 4) is 0 Å². The lowest BCUT2D eigenvalue weighted by atomic mass is 10.1. The summed E-state index contributed by atoms with van der Waals surface area (Å²) in [5.41, 5.74) is 7.68. The van der Waals surface area contributed by atoms with Gasteiger partial charge in [0.25, 0.3) is 0 Å². The summed E-state index contributed by atoms with van der Waals surface area (Å²) in [7, 11) is -3.08. The lowest BCUT2D eigenvalue weighted by Crippen LogP contribution is -2.47. The molecule has 2 rings (SSSR count). The van der Waals surface area contributed by atoms with Crippen molar-refractivity contribution in [3.63, 3.8) is 0 Å². The van der Waals surface area contributed by atoms with Crippen LogP contribution in [0.15, 0.2) is 24.3 Å². The van der Waals surface area contributed by atoms with E-state index in [9.17, 15) is 8.42 Å². The fraction of sp³-hybridized carbons (Fsp3) is 0.500. The standard InChI is InChI=1S/C12H18N2O2S2/c1-18(15,16)12-9-17-7-6-14(12)11-5-3-2-4-10(11)8-13/h2-5,12H,6-9,13H2,1H3. The van der Waals surface area contributed by atoms with Crippen LogP contribution >= 0.6 is 11.8 Å². The zero-order valence-electron chi connectivity index (χ0n) is 10.4. The van der Waals surface area contributed by atoms with Gasteiger partial charge in [-0.15, -0.1) is 0 Å². The second kappa shape index (κ2) is 5.50. The Kier molecular flexibility index (Phi) is 4.19. The van der Waals surface area contributed by atoms with Gasteiger partial charge in [0, 0.05) is 36.5 Å². The molecule has 0 aromatic heterocycles. The first-order chi connectivity index (χ1) is 8.54. The van der Waals surface area contributed by atoms with E-state index in [2.05, 4.69) is 0 Å². The number of hydrogen-bond acceptors (Lipinski definition) is 5. The van der Waals surface area contributed by atoms with Crippen molar-refractivity contribution in [3.05, 3.63) is 29.8 Å². The minimum Gasteiger partial charge on any atom is -0.353 e. The first-order valence-electron chi connectivity index (χ1n) is 5.85. The van der Waals surface area contributed by atoms with Crippen molar-refractivity contribution in [2.75, 3.05) is 29.2 Å². The third kappa shape index (κ3) is 2.81. The summed E-state index contributed by atoms with van der Waals surface area (Å²) in [5, 5.41) is -0.441. The highest BCUT2D eigenvalue weighted by atomic mass is 32.2. The van der Waals surface area contributed by atoms with Crippen LogP contribution in [0.5, 0.6) is 0 Å². The monoisotopic (exact) mass is 286 g/mol. The lowest BCUT2D eigenvalue weighted by Gasteiger charge is -2.37. The molecule has 1 unspecified atom stereocenters. The summed E-state index contributed by atoms with van der Waals surface area (Å²) in [5.74, 6) is 1.57. The Balaban J connectivity index is 2.40. The molecule has 1 aromatic rings. The number of hydrogen-bond donors (Lipinski definition) is 1. The second-order valence-corrected chi connectivity index (χ2v) is 7.74. The minimum absolute atomic E-state index is 0.427. The van der Waals surface area contributed by atoms with Gasteiger partial charge in [0.2, 0.25) is 0 Å². The molecule has 0 aliphatic carbocycles. The van der Waals surface area contributed by atoms with E-state index in [1.165, 1.54) is 6.26 Å². The van der Waals surface area contributed by atoms with Gasteiger partial charge < -0.3 is 10.6 Å². The van der Waals surface area contributed by atoms with Crippen molar-refractivity contribution in [2.24, 2.45) is 5.73 Å². The van der Waals surface area contributed by atoms with Crippen LogP contribution in [0.2, 0.25) is 0 Å². The van der Waals surface area contributed by atoms with Gasteiger partial charge in [-0.2, -0.15) is 11.8 Å². The van der Waals surface area contributed by atoms with Crippen LogP contribution < -0.4 is 10.6 Å². The van der Waals surface area contributed by atoms with Crippen LogP contribution in [-0.4, -0.2) is 38.1 Å². The van der Waals surface area contributed by atoms with Crippen LogP contribution in [0, 0.1) is 0 Å². The highest BCUT2D eigenvalue weighted by Gasteiger charge is 2.31. The van der Waals surface area contributed by atoms with Crippen LogP contribution in [-0.2, 0) is 16.4 Å². The summed E-state index contributed by atoms with van der Waals surface area (Å²) < 4.78 is 23.8. The predicted octanol–water partition coefficient (Wildman–Crippen LogP) is 1.07. The maximum atomic E-state index is 11.9. The molecule has 6 heteroatoms. The van der Waals surface area contributed by atoms with E-state index in [1.807, 2.05) is 29.2 Å². The predicted molar refractivity (Wildman–Crippen MR) is 77.6 cm³/mol. The van der Waals surface area contributed by atoms with E-state index in [4.69, 9.17) is 5.73 Å². The van der Waals surface area contributed by atoms with Crippen molar-refractivity contribution in [1.82, 2.24) is 0 Å². The number of anilines is 1. The maximum Gasteiger partial charge on any atom is 0.169 e. The fourth-order valence-electron chi connectivity index (χ4n) is 2.17. The van der Waals surface area contributed by atoms with Crippen LogP contribution in [0.1, 0.15) is 5.56 Å². The molecule has 100 valence electrons. The van der Waals surface area contributed by atoms with E-state index in [-0.39, 0.29) is 0 Å². The Hall–Kier alpha value is -0.720. The largest absolute Gasteiger partial charge is 0.353 e. The average Bonchev–Trinajstić information content (AvgIpc) is 2.37. The molecule has 0 spiro atoms. The zero-order chi connectivity index (χ0) is 13.2. The Morgan fingerprint density at radius 2 is 2.17 bits per heavy atom. The number of nitrogens with zero attached hydrogens (tertiary/aromatic N) is 1. The molecule has 1 aliphatic heterocycles. The number of nitrogens with two attached hydrogens (primary N) is 1. The number of sulfone groups is 1. The number of rotatable bonds is 3. The van der Waals surface area contributed by atoms with Crippen molar-refractivity contribution >= 4 is 27.3 Å². The molecule has 0 bridgehead atoms. The average molecular weight is 286 g/mol. The molecule has 0 saturated carbocycles. The van der Waals surface area contributed by atoms with Crippen LogP contribution in [0.3, 0.4) is 0 Å². The molecule has 18 heavy (non-hydrogen) atoms. The van der Waals surface area contributed by atoms with Crippen molar-refractivity contribution < 1.29 is 8.42 Å². The van der Waals surface area contributed by atoms with Crippen LogP contribution in [0.25, 0.3) is 0 Å². The molecule has 0 radical (unpaired) electrons. The zero-order valence-corrected chi connectivity index (χ0v) is 12.0. The first kappa shape index (κ1) is 13.7. The third-order valence-corrected chi connectivity index (χ3v) is 5.74. The van der Waals surface area contributed by atoms with E-state index >= 15 is 0 Å². The number of benzene rings is 1. The van der Waals surface area contributed by atoms with Gasteiger partial charge in [-0.1, -0.05) is 18.2 Å². The summed E-state index contributed by atoms with van der Waals surface area (Å²) in [6, 6.07) is 7.77. The SMILES string of the molecule is CS(=O)(=O)C1CSCCN1c1ccccc1CN. The Bertz CT molecular complexity index is 517. The molecule has 1 aromatic carbocycles. The van der Waals surface area contributed by atoms with Crippen LogP contribution in [0.4, 0.5) is 5.69 Å². The molecule has 1 fully saturated rings. The molecule has 4 nitrogen and oxygen atoms in total. The first-order valence-corrected chi connectivity index (χ1v) is 8.96. The smallest absolute Gasteiger partial charge is 0.169 e. The van der Waals surface area contributed by atoms with Gasteiger partial charge in [-0.3, -0.25) is 0 Å². The number of thioether (sulfide) groups is 1. The molecule has 1 atom stereocenters. The van der Waals surface area contributed by atoms with Gasteiger partial charge in [-0.25, -0.2) is 8.42 Å². The third-order valence-electron chi connectivity index (χ3n) is 3.10. The normalized spacial score (nSPS) is 21.0. The van der Waals surface area contributed by atoms with Gasteiger partial charge in [0.1, 0.15) is 5.37 Å². The van der Waals surface area contributed by atoms with Crippen molar-refractivity contribution in [2.45, 2.75) is 11.9 Å². The second-order valence-electron chi connectivity index (χ2n) is 4.39. The molecular formula is C12H18N2O2S2. The summed E-state index contributed by atoms with van der Waals surface area (Å²) >= 11 is 1.69. The van der Waals surface area contributed by atoms with Gasteiger partial charge in [0.15, 0.2) is 9.84 Å². The topological polar surface area (TPSA) is 63.4 Å². The quantitative estimate of drug-likeness (QED) is 0.900. The molecule has 1 heterocycles. The Morgan fingerprint density at radius 1 is 1.44 bits per heavy atom. The fourth-order valence-corrected chi connectivity index (χ4v) is 5.01. The van der Waals surface area contributed by atoms with Gasteiger partial charge in [-0.05, 0) is 11.6 Å². The molecule has 2 N–H and O–H groups in total. The highest BCUT2D eigenvalue weighted by Crippen LogP contribution is 2.29. The van der Waals surface area contributed by atoms with E-state index in [1.54, 1.807) is 11.8 Å². The molecular weight excluding hydrogens is 268 g/mol. The molecule has 0 amide bonds. The summed E-state index contributed by atoms with van der Waals surface area (Å²) in [6.45, 7) is 1.18. The summed E-state index contributed by atoms with van der Waals surface area (Å²) in [4.78, 5) is 1.98. The van der Waals surface area contributed by atoms with Gasteiger partial charge >= 0.3 is 0 Å². The van der Waals surface area contributed by atoms with Crippen molar-refractivity contribution in [1.29, 1.82) is 0 Å². The Morgan fingerprint density at radius 3 is 2.83 bits per heavy atom. The lowest BCUT2D eigenvalue weighted by molar-refractivity contribution is 0.584. The minimum atomic E-state index is -3.08. The number of para-hydroxylation sites is 1. The van der Waals surface area contributed by atoms with Gasteiger partial charge in [0.05, 0.1) is 0 Å².